The predicted octanol–water partition coefficient (Wildman–Crippen LogP) is 0.787. The second kappa shape index (κ2) is 7.25. The van der Waals surface area contributed by atoms with Gasteiger partial charge in [-0.05, 0) is 19.8 Å². The van der Waals surface area contributed by atoms with Crippen LogP contribution in [0.1, 0.15) is 33.6 Å². The fourth-order valence-corrected chi connectivity index (χ4v) is 3.29. The van der Waals surface area contributed by atoms with Crippen LogP contribution in [0.4, 0.5) is 0 Å². The second-order valence-electron chi connectivity index (χ2n) is 3.77. The van der Waals surface area contributed by atoms with Gasteiger partial charge >= 0.3 is 0 Å². The summed E-state index contributed by atoms with van der Waals surface area (Å²) in [5, 5.41) is 0. The Labute approximate surface area is 109 Å². The number of rotatable bonds is 9. The maximum atomic E-state index is 11.8. The van der Waals surface area contributed by atoms with Gasteiger partial charge in [0, 0.05) is 6.61 Å². The Kier molecular flexibility index (Phi) is 7.15. The van der Waals surface area contributed by atoms with E-state index in [1.807, 2.05) is 20.8 Å². The van der Waals surface area contributed by atoms with Gasteiger partial charge < -0.3 is 10.5 Å². The van der Waals surface area contributed by atoms with Crippen LogP contribution in [0, 0.1) is 0 Å². The lowest BCUT2D eigenvalue weighted by Crippen LogP contribution is -2.56. The number of sulfonamides is 1. The largest absolute Gasteiger partial charge is 0.392 e. The van der Waals surface area contributed by atoms with Gasteiger partial charge in [-0.2, -0.15) is 0 Å². The minimum Gasteiger partial charge on any atom is -0.392 e. The van der Waals surface area contributed by atoms with E-state index in [-0.39, 0.29) is 17.3 Å². The molecule has 17 heavy (non-hydrogen) atoms. The monoisotopic (exact) mass is 282 g/mol. The molecule has 0 bridgehead atoms. The molecule has 0 fully saturated rings. The predicted molar refractivity (Wildman–Crippen MR) is 73.5 cm³/mol. The van der Waals surface area contributed by atoms with Crippen LogP contribution in [0.3, 0.4) is 0 Å². The molecule has 0 heterocycles. The average molecular weight is 282 g/mol. The van der Waals surface area contributed by atoms with Crippen molar-refractivity contribution in [3.05, 3.63) is 0 Å². The molecule has 0 amide bonds. The van der Waals surface area contributed by atoms with Crippen LogP contribution in [0.15, 0.2) is 0 Å². The minimum atomic E-state index is -3.42. The van der Waals surface area contributed by atoms with Gasteiger partial charge in [0.1, 0.15) is 0 Å². The van der Waals surface area contributed by atoms with Gasteiger partial charge in [-0.25, -0.2) is 13.1 Å². The fourth-order valence-electron chi connectivity index (χ4n) is 1.45. The molecule has 0 aliphatic rings. The molecule has 0 atom stereocenters. The van der Waals surface area contributed by atoms with Gasteiger partial charge in [0.2, 0.25) is 10.0 Å². The zero-order chi connectivity index (χ0) is 13.5. The Morgan fingerprint density at radius 3 is 2.24 bits per heavy atom. The Morgan fingerprint density at radius 1 is 1.35 bits per heavy atom. The third-order valence-corrected chi connectivity index (χ3v) is 4.53. The van der Waals surface area contributed by atoms with E-state index >= 15 is 0 Å². The zero-order valence-electron chi connectivity index (χ0n) is 10.7. The first-order chi connectivity index (χ1) is 7.83. The van der Waals surface area contributed by atoms with E-state index in [9.17, 15) is 8.42 Å². The minimum absolute atomic E-state index is 0.0782. The molecule has 5 nitrogen and oxygen atoms in total. The first-order valence-electron chi connectivity index (χ1n) is 5.72. The van der Waals surface area contributed by atoms with E-state index < -0.39 is 15.6 Å². The van der Waals surface area contributed by atoms with Crippen molar-refractivity contribution in [1.29, 1.82) is 0 Å². The van der Waals surface area contributed by atoms with E-state index in [4.69, 9.17) is 22.7 Å². The van der Waals surface area contributed by atoms with Crippen molar-refractivity contribution in [3.8, 4) is 0 Å². The average Bonchev–Trinajstić information content (AvgIpc) is 2.26. The molecule has 102 valence electrons. The molecule has 3 N–H and O–H groups in total. The second-order valence-corrected chi connectivity index (χ2v) is 6.05. The number of nitrogens with two attached hydrogens (primary N) is 1. The quantitative estimate of drug-likeness (QED) is 0.482. The molecule has 0 saturated carbocycles. The van der Waals surface area contributed by atoms with Crippen LogP contribution in [-0.4, -0.2) is 37.9 Å². The molecular weight excluding hydrogens is 260 g/mol. The summed E-state index contributed by atoms with van der Waals surface area (Å²) in [7, 11) is -3.42. The molecule has 0 aromatic rings. The molecule has 0 spiro atoms. The number of nitrogens with one attached hydrogen (secondary N) is 1. The van der Waals surface area contributed by atoms with Crippen LogP contribution in [0.2, 0.25) is 0 Å². The van der Waals surface area contributed by atoms with Crippen molar-refractivity contribution in [1.82, 2.24) is 4.72 Å². The van der Waals surface area contributed by atoms with E-state index in [2.05, 4.69) is 4.72 Å². The Bertz CT molecular complexity index is 337. The lowest BCUT2D eigenvalue weighted by molar-refractivity contribution is 0.163. The van der Waals surface area contributed by atoms with Gasteiger partial charge in [0.25, 0.3) is 0 Å². The Morgan fingerprint density at radius 2 is 1.88 bits per heavy atom. The summed E-state index contributed by atoms with van der Waals surface area (Å²) in [6, 6.07) is 0. The van der Waals surface area contributed by atoms with Crippen LogP contribution in [0.25, 0.3) is 0 Å². The summed E-state index contributed by atoms with van der Waals surface area (Å²) in [5.74, 6) is -0.0782. The normalized spacial score (nSPS) is 12.6. The molecule has 0 aliphatic heterocycles. The van der Waals surface area contributed by atoms with Crippen molar-refractivity contribution < 1.29 is 13.2 Å². The van der Waals surface area contributed by atoms with E-state index in [0.29, 0.717) is 19.4 Å². The summed E-state index contributed by atoms with van der Waals surface area (Å²) in [6.07, 6.45) is 1.07. The highest BCUT2D eigenvalue weighted by Gasteiger charge is 2.33. The first-order valence-corrected chi connectivity index (χ1v) is 7.79. The van der Waals surface area contributed by atoms with Crippen LogP contribution in [0.5, 0.6) is 0 Å². The zero-order valence-corrected chi connectivity index (χ0v) is 12.3. The SMILES string of the molecule is CCOCCS(=O)(=O)NC(CC)(CC)C(N)=S. The topological polar surface area (TPSA) is 81.4 Å². The molecule has 0 aliphatic carbocycles. The molecule has 7 heteroatoms. The van der Waals surface area contributed by atoms with Gasteiger partial charge in [0.15, 0.2) is 0 Å². The van der Waals surface area contributed by atoms with Gasteiger partial charge in [0.05, 0.1) is 22.9 Å². The smallest absolute Gasteiger partial charge is 0.214 e. The highest BCUT2D eigenvalue weighted by Crippen LogP contribution is 2.17. The van der Waals surface area contributed by atoms with Crippen LogP contribution in [-0.2, 0) is 14.8 Å². The van der Waals surface area contributed by atoms with Crippen molar-refractivity contribution in [2.24, 2.45) is 5.73 Å². The highest BCUT2D eigenvalue weighted by molar-refractivity contribution is 7.89. The molecule has 0 radical (unpaired) electrons. The molecule has 0 unspecified atom stereocenters. The van der Waals surface area contributed by atoms with Crippen molar-refractivity contribution >= 4 is 27.2 Å². The van der Waals surface area contributed by atoms with Gasteiger partial charge in [-0.3, -0.25) is 0 Å². The number of hydrogen-bond donors (Lipinski definition) is 2. The number of hydrogen-bond acceptors (Lipinski definition) is 4. The number of ether oxygens (including phenoxy) is 1. The summed E-state index contributed by atoms with van der Waals surface area (Å²) >= 11 is 4.95. The van der Waals surface area contributed by atoms with E-state index in [1.54, 1.807) is 0 Å². The van der Waals surface area contributed by atoms with Crippen molar-refractivity contribution in [2.75, 3.05) is 19.0 Å². The lowest BCUT2D eigenvalue weighted by Gasteiger charge is -2.31. The first kappa shape index (κ1) is 16.8. The summed E-state index contributed by atoms with van der Waals surface area (Å²) in [6.45, 7) is 6.20. The van der Waals surface area contributed by atoms with Gasteiger partial charge in [-0.1, -0.05) is 26.1 Å². The maximum Gasteiger partial charge on any atom is 0.214 e. The summed E-state index contributed by atoms with van der Waals surface area (Å²) < 4.78 is 31.3. The van der Waals surface area contributed by atoms with Crippen LogP contribution < -0.4 is 10.5 Å². The van der Waals surface area contributed by atoms with Gasteiger partial charge in [-0.15, -0.1) is 0 Å². The molecular formula is C10H22N2O3S2. The van der Waals surface area contributed by atoms with E-state index in [0.717, 1.165) is 0 Å². The Hall–Kier alpha value is -0.240. The van der Waals surface area contributed by atoms with Crippen molar-refractivity contribution in [3.63, 3.8) is 0 Å². The van der Waals surface area contributed by atoms with E-state index in [1.165, 1.54) is 0 Å². The van der Waals surface area contributed by atoms with Crippen LogP contribution >= 0.6 is 12.2 Å². The third kappa shape index (κ3) is 5.29. The standard InChI is InChI=1S/C10H22N2O3S2/c1-4-10(5-2,9(11)16)12-17(13,14)8-7-15-6-3/h12H,4-8H2,1-3H3,(H2,11,16). The summed E-state index contributed by atoms with van der Waals surface area (Å²) in [4.78, 5) is 0.183. The highest BCUT2D eigenvalue weighted by atomic mass is 32.2. The maximum absolute atomic E-state index is 11.8. The Balaban J connectivity index is 4.70. The number of thiocarbonyl (C=S) groups is 1. The molecule has 0 saturated heterocycles. The lowest BCUT2D eigenvalue weighted by atomic mass is 9.94. The molecule has 0 aromatic heterocycles. The molecule has 0 rings (SSSR count). The fraction of sp³-hybridized carbons (Fsp3) is 0.900. The summed E-state index contributed by atoms with van der Waals surface area (Å²) in [5.41, 5.74) is 4.81. The third-order valence-electron chi connectivity index (χ3n) is 2.73. The molecule has 0 aromatic carbocycles. The van der Waals surface area contributed by atoms with Crippen molar-refractivity contribution in [2.45, 2.75) is 39.2 Å².